The van der Waals surface area contributed by atoms with Crippen LogP contribution >= 0.6 is 6.72 Å². The zero-order valence-electron chi connectivity index (χ0n) is 13.6. The highest BCUT2D eigenvalue weighted by Crippen LogP contribution is 2.43. The molecule has 1 saturated carbocycles. The van der Waals surface area contributed by atoms with Crippen LogP contribution in [0.25, 0.3) is 0 Å². The van der Waals surface area contributed by atoms with Gasteiger partial charge in [0.05, 0.1) is 6.10 Å². The Morgan fingerprint density at radius 2 is 1.48 bits per heavy atom. The van der Waals surface area contributed by atoms with Crippen molar-refractivity contribution in [3.63, 3.8) is 0 Å². The van der Waals surface area contributed by atoms with Crippen molar-refractivity contribution in [2.24, 2.45) is 0 Å². The summed E-state index contributed by atoms with van der Waals surface area (Å²) in [4.78, 5) is 19.9. The molecule has 0 atom stereocenters. The van der Waals surface area contributed by atoms with E-state index in [9.17, 15) is 9.79 Å². The fourth-order valence-corrected chi connectivity index (χ4v) is 5.69. The van der Waals surface area contributed by atoms with Crippen LogP contribution in [0.3, 0.4) is 0 Å². The third-order valence-corrected chi connectivity index (χ3v) is 7.29. The molecule has 0 aromatic carbocycles. The van der Waals surface area contributed by atoms with Crippen LogP contribution in [-0.2, 0) is 15.5 Å². The minimum Gasteiger partial charge on any atom is -0.289 e. The van der Waals surface area contributed by atoms with Gasteiger partial charge in [-0.25, -0.2) is 0 Å². The van der Waals surface area contributed by atoms with Crippen molar-refractivity contribution in [2.75, 3.05) is 5.75 Å². The first-order chi connectivity index (χ1) is 10.1. The average Bonchev–Trinajstić information content (AvgIpc) is 2.46. The van der Waals surface area contributed by atoms with Gasteiger partial charge in [-0.1, -0.05) is 64.7 Å². The molecule has 0 amide bonds. The zero-order chi connectivity index (χ0) is 15.4. The van der Waals surface area contributed by atoms with Crippen LogP contribution in [-0.4, -0.2) is 21.6 Å². The van der Waals surface area contributed by atoms with E-state index in [1.807, 2.05) is 0 Å². The predicted octanol–water partition coefficient (Wildman–Crippen LogP) is 5.22. The molecule has 1 fully saturated rings. The van der Waals surface area contributed by atoms with Crippen molar-refractivity contribution in [1.29, 1.82) is 0 Å². The van der Waals surface area contributed by atoms with E-state index in [-0.39, 0.29) is 6.10 Å². The maximum Gasteiger partial charge on any atom is 0.517 e. The Balaban J connectivity index is 2.04. The van der Waals surface area contributed by atoms with Crippen LogP contribution in [0.15, 0.2) is 0 Å². The van der Waals surface area contributed by atoms with E-state index in [1.54, 1.807) is 0 Å². The lowest BCUT2D eigenvalue weighted by molar-refractivity contribution is 0.131. The van der Waals surface area contributed by atoms with Crippen LogP contribution in [0.1, 0.15) is 90.4 Å². The minimum atomic E-state index is -3.16. The molecular weight excluding hydrogens is 303 g/mol. The van der Waals surface area contributed by atoms with Crippen molar-refractivity contribution in [3.05, 3.63) is 0 Å². The highest BCUT2D eigenvalue weighted by molar-refractivity contribution is 8.16. The summed E-state index contributed by atoms with van der Waals surface area (Å²) < 4.78 is 5.54. The van der Waals surface area contributed by atoms with Gasteiger partial charge >= 0.3 is 6.72 Å². The minimum absolute atomic E-state index is 0.0770. The van der Waals surface area contributed by atoms with Gasteiger partial charge in [0.15, 0.2) is 5.75 Å². The van der Waals surface area contributed by atoms with Crippen LogP contribution in [0.2, 0.25) is 0 Å². The van der Waals surface area contributed by atoms with Crippen molar-refractivity contribution >= 4 is 17.7 Å². The first-order valence-electron chi connectivity index (χ1n) is 8.81. The molecule has 0 aromatic rings. The molecule has 0 unspecified atom stereocenters. The molecule has 1 aliphatic carbocycles. The van der Waals surface area contributed by atoms with Gasteiger partial charge in [0.2, 0.25) is 10.9 Å². The molecule has 0 aromatic heterocycles. The van der Waals surface area contributed by atoms with E-state index in [1.165, 1.54) is 62.3 Å². The van der Waals surface area contributed by atoms with E-state index in [4.69, 9.17) is 4.52 Å². The maximum absolute atomic E-state index is 9.97. The smallest absolute Gasteiger partial charge is 0.289 e. The second kappa shape index (κ2) is 12.0. The third kappa shape index (κ3) is 10.8. The Morgan fingerprint density at radius 1 is 0.905 bits per heavy atom. The summed E-state index contributed by atoms with van der Waals surface area (Å²) in [6.07, 6.45) is 15.9. The van der Waals surface area contributed by atoms with E-state index in [0.717, 1.165) is 37.9 Å². The first kappa shape index (κ1) is 19.6. The van der Waals surface area contributed by atoms with Gasteiger partial charge in [-0.05, 0) is 19.3 Å². The lowest BCUT2D eigenvalue weighted by Gasteiger charge is -2.21. The first-order valence-corrected chi connectivity index (χ1v) is 12.0. The largest absolute Gasteiger partial charge is 0.517 e. The molecule has 0 heterocycles. The topological polar surface area (TPSA) is 49.7 Å². The molecule has 0 radical (unpaired) electrons. The Hall–Kier alpha value is 0.530. The number of hydrogen-bond donors (Lipinski definition) is 2. The van der Waals surface area contributed by atoms with E-state index in [2.05, 4.69) is 6.92 Å². The van der Waals surface area contributed by atoms with Gasteiger partial charge in [-0.15, -0.1) is 0 Å². The standard InChI is InChI=1S/C16H34O3PS/c1-2-3-4-5-6-7-8-12-15-21-20(17,18)19-16-13-10-9-11-14-16/h16-18H,2-15H2,1H3/q+1. The van der Waals surface area contributed by atoms with Crippen LogP contribution in [0.4, 0.5) is 0 Å². The highest BCUT2D eigenvalue weighted by Gasteiger charge is 2.30. The molecule has 0 aliphatic heterocycles. The second-order valence-corrected chi connectivity index (χ2v) is 10.2. The van der Waals surface area contributed by atoms with Gasteiger partial charge in [0.25, 0.3) is 0 Å². The van der Waals surface area contributed by atoms with Crippen molar-refractivity contribution < 1.29 is 14.3 Å². The molecular formula is C16H34O3PS+. The molecule has 0 saturated heterocycles. The van der Waals surface area contributed by atoms with Gasteiger partial charge in [0, 0.05) is 6.42 Å². The van der Waals surface area contributed by atoms with Crippen molar-refractivity contribution in [2.45, 2.75) is 96.5 Å². The number of hydrogen-bond acceptors (Lipinski definition) is 1. The Kier molecular flexibility index (Phi) is 11.2. The predicted molar refractivity (Wildman–Crippen MR) is 94.2 cm³/mol. The summed E-state index contributed by atoms with van der Waals surface area (Å²) in [5.74, 6) is 0.808. The van der Waals surface area contributed by atoms with Crippen molar-refractivity contribution in [1.82, 2.24) is 0 Å². The van der Waals surface area contributed by atoms with E-state index >= 15 is 0 Å². The van der Waals surface area contributed by atoms with Gasteiger partial charge in [0.1, 0.15) is 0 Å². The number of unbranched alkanes of at least 4 members (excludes halogenated alkanes) is 7. The SMILES string of the molecule is CCCCCCCCCC[S+]=P(O)(O)OC1CCCCC1. The summed E-state index contributed by atoms with van der Waals surface area (Å²) in [6.45, 7) is -0.923. The molecule has 5 heteroatoms. The lowest BCUT2D eigenvalue weighted by Crippen LogP contribution is -2.15. The third-order valence-electron chi connectivity index (χ3n) is 4.10. The molecule has 2 N–H and O–H groups in total. The summed E-state index contributed by atoms with van der Waals surface area (Å²) >= 11 is 0. The van der Waals surface area contributed by atoms with E-state index < -0.39 is 6.72 Å². The van der Waals surface area contributed by atoms with Crippen LogP contribution in [0.5, 0.6) is 0 Å². The van der Waals surface area contributed by atoms with Crippen LogP contribution in [0, 0.1) is 0 Å². The molecule has 0 spiro atoms. The molecule has 126 valence electrons. The molecule has 1 rings (SSSR count). The summed E-state index contributed by atoms with van der Waals surface area (Å²) in [5, 5.41) is 0. The van der Waals surface area contributed by atoms with Gasteiger partial charge < -0.3 is 0 Å². The van der Waals surface area contributed by atoms with E-state index in [0.29, 0.717) is 0 Å². The van der Waals surface area contributed by atoms with Gasteiger partial charge in [-0.3, -0.25) is 14.3 Å². The van der Waals surface area contributed by atoms with Crippen molar-refractivity contribution in [3.8, 4) is 0 Å². The Morgan fingerprint density at radius 3 is 2.10 bits per heavy atom. The van der Waals surface area contributed by atoms with Gasteiger partial charge in [-0.2, -0.15) is 0 Å². The fourth-order valence-electron chi connectivity index (χ4n) is 2.81. The molecule has 0 bridgehead atoms. The average molecular weight is 337 g/mol. The monoisotopic (exact) mass is 337 g/mol. The molecule has 1 aliphatic rings. The summed E-state index contributed by atoms with van der Waals surface area (Å²) in [6, 6.07) is 0. The normalized spacial score (nSPS) is 17.1. The Bertz CT molecular complexity index is 298. The Labute approximate surface area is 134 Å². The summed E-state index contributed by atoms with van der Waals surface area (Å²) in [5.41, 5.74) is 0. The fraction of sp³-hybridized carbons (Fsp3) is 1.00. The highest BCUT2D eigenvalue weighted by atomic mass is 32.5. The second-order valence-electron chi connectivity index (χ2n) is 6.16. The lowest BCUT2D eigenvalue weighted by atomic mass is 9.98. The van der Waals surface area contributed by atoms with Crippen LogP contribution < -0.4 is 0 Å². The maximum atomic E-state index is 9.97. The quantitative estimate of drug-likeness (QED) is 0.309. The molecule has 21 heavy (non-hydrogen) atoms. The number of rotatable bonds is 11. The zero-order valence-corrected chi connectivity index (χ0v) is 15.3. The summed E-state index contributed by atoms with van der Waals surface area (Å²) in [7, 11) is 1.24. The molecule has 3 nitrogen and oxygen atoms in total.